The number of hydrogen-bond acceptors (Lipinski definition) is 3. The van der Waals surface area contributed by atoms with Gasteiger partial charge in [0, 0.05) is 0 Å². The lowest BCUT2D eigenvalue weighted by molar-refractivity contribution is 0.415. The van der Waals surface area contributed by atoms with Gasteiger partial charge < -0.3 is 13.6 Å². The third-order valence-corrected chi connectivity index (χ3v) is 11.6. The van der Waals surface area contributed by atoms with Crippen molar-refractivity contribution in [1.29, 1.82) is 0 Å². The summed E-state index contributed by atoms with van der Waals surface area (Å²) in [6, 6.07) is 16.6. The third-order valence-electron chi connectivity index (χ3n) is 4.08. The van der Waals surface area contributed by atoms with Crippen LogP contribution in [0.15, 0.2) is 48.5 Å². The quantitative estimate of drug-likeness (QED) is 0.592. The molecule has 0 bridgehead atoms. The van der Waals surface area contributed by atoms with E-state index >= 15 is 0 Å². The molecule has 2 aromatic carbocycles. The van der Waals surface area contributed by atoms with Crippen molar-refractivity contribution < 1.29 is 13.6 Å². The minimum Gasteiger partial charge on any atom is -0.497 e. The summed E-state index contributed by atoms with van der Waals surface area (Å²) in [7, 11) is -0.584. The predicted molar refractivity (Wildman–Crippen MR) is 101 cm³/mol. The lowest BCUT2D eigenvalue weighted by atomic mass is 10.3. The molecule has 2 aromatic rings. The van der Waals surface area contributed by atoms with Gasteiger partial charge >= 0.3 is 0 Å². The van der Waals surface area contributed by atoms with Crippen LogP contribution >= 0.6 is 0 Å². The monoisotopic (exact) mass is 348 g/mol. The Kier molecular flexibility index (Phi) is 5.34. The molecule has 0 atom stereocenters. The molecule has 0 fully saturated rings. The second kappa shape index (κ2) is 6.90. The van der Waals surface area contributed by atoms with Crippen molar-refractivity contribution in [1.82, 2.24) is 0 Å². The molecule has 0 heterocycles. The summed E-state index contributed by atoms with van der Waals surface area (Å²) in [5.41, 5.74) is 0. The van der Waals surface area contributed by atoms with Gasteiger partial charge in [0.1, 0.15) is 11.5 Å². The molecule has 0 amide bonds. The first-order valence-electron chi connectivity index (χ1n) is 7.78. The molecular formula is C18H26O3Si2. The maximum Gasteiger partial charge on any atom is 0.206 e. The molecule has 0 unspecified atom stereocenters. The first kappa shape index (κ1) is 17.8. The van der Waals surface area contributed by atoms with E-state index in [4.69, 9.17) is 13.6 Å². The SMILES string of the molecule is COc1ccc([Si](C)(C)[18O][Si](C)(C)c2ccc(OC)cc2)cc1. The molecule has 2 rings (SSSR count). The number of benzene rings is 2. The van der Waals surface area contributed by atoms with Crippen LogP contribution in [0, 0.1) is 0 Å². The number of rotatable bonds is 6. The summed E-state index contributed by atoms with van der Waals surface area (Å²) in [6.07, 6.45) is 0. The molecule has 0 aromatic heterocycles. The number of hydrogen-bond donors (Lipinski definition) is 0. The van der Waals surface area contributed by atoms with E-state index in [1.807, 2.05) is 24.3 Å². The molecule has 0 aliphatic rings. The number of methoxy groups -OCH3 is 2. The molecule has 23 heavy (non-hydrogen) atoms. The first-order valence-corrected chi connectivity index (χ1v) is 13.6. The van der Waals surface area contributed by atoms with Crippen LogP contribution in [0.3, 0.4) is 0 Å². The fourth-order valence-electron chi connectivity index (χ4n) is 2.74. The molecule has 0 saturated heterocycles. The largest absolute Gasteiger partial charge is 0.497 e. The fourth-order valence-corrected chi connectivity index (χ4v) is 10.7. The molecule has 0 aliphatic carbocycles. The average molecular weight is 349 g/mol. The molecule has 0 N–H and O–H groups in total. The van der Waals surface area contributed by atoms with E-state index in [0.29, 0.717) is 0 Å². The Morgan fingerprint density at radius 2 is 0.913 bits per heavy atom. The normalized spacial score (nSPS) is 12.1. The summed E-state index contributed by atoms with van der Waals surface area (Å²) in [5.74, 6) is 1.76. The van der Waals surface area contributed by atoms with E-state index in [1.165, 1.54) is 10.4 Å². The van der Waals surface area contributed by atoms with Gasteiger partial charge in [0.05, 0.1) is 14.2 Å². The van der Waals surface area contributed by atoms with Crippen molar-refractivity contribution in [3.63, 3.8) is 0 Å². The second-order valence-electron chi connectivity index (χ2n) is 6.58. The second-order valence-corrected chi connectivity index (χ2v) is 14.6. The Hall–Kier alpha value is -1.57. The van der Waals surface area contributed by atoms with Crippen LogP contribution < -0.4 is 19.8 Å². The predicted octanol–water partition coefficient (Wildman–Crippen LogP) is 3.24. The van der Waals surface area contributed by atoms with Gasteiger partial charge in [-0.25, -0.2) is 0 Å². The Morgan fingerprint density at radius 1 is 0.609 bits per heavy atom. The van der Waals surface area contributed by atoms with E-state index in [-0.39, 0.29) is 0 Å². The zero-order valence-corrected chi connectivity index (χ0v) is 16.8. The Morgan fingerprint density at radius 3 is 1.17 bits per heavy atom. The highest BCUT2D eigenvalue weighted by molar-refractivity contribution is 6.96. The molecule has 5 heteroatoms. The highest BCUT2D eigenvalue weighted by Gasteiger charge is 2.35. The molecule has 0 aliphatic heterocycles. The lowest BCUT2D eigenvalue weighted by Gasteiger charge is -2.34. The Balaban J connectivity index is 2.21. The van der Waals surface area contributed by atoms with Gasteiger partial charge in [0.15, 0.2) is 0 Å². The van der Waals surface area contributed by atoms with Crippen molar-refractivity contribution in [3.05, 3.63) is 48.5 Å². The van der Waals surface area contributed by atoms with Crippen molar-refractivity contribution >= 4 is 27.0 Å². The van der Waals surface area contributed by atoms with E-state index in [1.54, 1.807) is 14.2 Å². The van der Waals surface area contributed by atoms with Crippen LogP contribution in [-0.2, 0) is 4.12 Å². The summed E-state index contributed by atoms with van der Waals surface area (Å²) < 4.78 is 17.2. The van der Waals surface area contributed by atoms with E-state index in [9.17, 15) is 0 Å². The van der Waals surface area contributed by atoms with Gasteiger partial charge in [-0.2, -0.15) is 0 Å². The zero-order valence-electron chi connectivity index (χ0n) is 14.8. The van der Waals surface area contributed by atoms with Gasteiger partial charge in [-0.3, -0.25) is 0 Å². The molecule has 0 radical (unpaired) electrons. The zero-order chi connectivity index (χ0) is 17.1. The summed E-state index contributed by atoms with van der Waals surface area (Å²) in [4.78, 5) is 0. The minimum atomic E-state index is -1.98. The molecule has 0 spiro atoms. The standard InChI is InChI=1S/C18H26O3Si2/c1-19-15-7-11-17(12-8-15)22(3,4)21-23(5,6)18-13-9-16(20-2)10-14-18/h7-14H,1-6H3/i21+2. The van der Waals surface area contributed by atoms with Crippen molar-refractivity contribution in [2.75, 3.05) is 14.2 Å². The smallest absolute Gasteiger partial charge is 0.206 e. The van der Waals surface area contributed by atoms with Gasteiger partial charge in [0.2, 0.25) is 16.6 Å². The fraction of sp³-hybridized carbons (Fsp3) is 0.333. The van der Waals surface area contributed by atoms with Gasteiger partial charge in [-0.15, -0.1) is 0 Å². The van der Waals surface area contributed by atoms with Crippen LogP contribution in [-0.4, -0.2) is 30.9 Å². The molecular weight excluding hydrogens is 322 g/mol. The molecule has 0 saturated carbocycles. The Bertz CT molecular complexity index is 577. The van der Waals surface area contributed by atoms with Gasteiger partial charge in [-0.05, 0) is 60.8 Å². The van der Waals surface area contributed by atoms with Crippen LogP contribution in [0.2, 0.25) is 26.2 Å². The summed E-state index contributed by atoms with van der Waals surface area (Å²) in [5, 5.41) is 2.57. The van der Waals surface area contributed by atoms with Crippen LogP contribution in [0.1, 0.15) is 0 Å². The van der Waals surface area contributed by atoms with Gasteiger partial charge in [0.25, 0.3) is 0 Å². The van der Waals surface area contributed by atoms with Crippen molar-refractivity contribution in [3.8, 4) is 11.5 Å². The Labute approximate surface area is 141 Å². The van der Waals surface area contributed by atoms with E-state index in [2.05, 4.69) is 50.5 Å². The summed E-state index contributed by atoms with van der Waals surface area (Å²) in [6.45, 7) is 9.03. The average Bonchev–Trinajstić information content (AvgIpc) is 2.54. The number of ether oxygens (including phenoxy) is 2. The maximum atomic E-state index is 6.74. The molecule has 3 nitrogen and oxygen atoms in total. The topological polar surface area (TPSA) is 27.7 Å². The summed E-state index contributed by atoms with van der Waals surface area (Å²) >= 11 is 0. The van der Waals surface area contributed by atoms with Crippen LogP contribution in [0.25, 0.3) is 0 Å². The highest BCUT2D eigenvalue weighted by atomic mass is 28.5. The molecule has 124 valence electrons. The minimum absolute atomic E-state index is 0.880. The van der Waals surface area contributed by atoms with Crippen molar-refractivity contribution in [2.24, 2.45) is 0 Å². The first-order chi connectivity index (χ1) is 10.8. The van der Waals surface area contributed by atoms with Crippen LogP contribution in [0.4, 0.5) is 0 Å². The van der Waals surface area contributed by atoms with Crippen molar-refractivity contribution in [2.45, 2.75) is 26.2 Å². The lowest BCUT2D eigenvalue weighted by Crippen LogP contribution is -2.57. The third kappa shape index (κ3) is 4.25. The van der Waals surface area contributed by atoms with Gasteiger partial charge in [-0.1, -0.05) is 24.3 Å². The van der Waals surface area contributed by atoms with E-state index in [0.717, 1.165) is 11.5 Å². The highest BCUT2D eigenvalue weighted by Crippen LogP contribution is 2.18. The maximum absolute atomic E-state index is 6.74. The van der Waals surface area contributed by atoms with E-state index < -0.39 is 16.6 Å². The van der Waals surface area contributed by atoms with Crippen LogP contribution in [0.5, 0.6) is 11.5 Å².